The Morgan fingerprint density at radius 1 is 1.61 bits per heavy atom. The summed E-state index contributed by atoms with van der Waals surface area (Å²) in [5.41, 5.74) is 0.574. The molecule has 18 heavy (non-hydrogen) atoms. The van der Waals surface area contributed by atoms with E-state index in [1.54, 1.807) is 25.3 Å². The summed E-state index contributed by atoms with van der Waals surface area (Å²) < 4.78 is 1.49. The molecule has 2 rings (SSSR count). The van der Waals surface area contributed by atoms with Crippen LogP contribution in [0.5, 0.6) is 0 Å². The number of hydrogen-bond donors (Lipinski definition) is 1. The van der Waals surface area contributed by atoms with Crippen LogP contribution in [-0.2, 0) is 4.79 Å². The topological polar surface area (TPSA) is 72.7 Å². The van der Waals surface area contributed by atoms with Gasteiger partial charge in [0, 0.05) is 18.0 Å². The van der Waals surface area contributed by atoms with Crippen molar-refractivity contribution < 1.29 is 4.79 Å². The van der Waals surface area contributed by atoms with Gasteiger partial charge in [0.1, 0.15) is 12.7 Å². The lowest BCUT2D eigenvalue weighted by Gasteiger charge is -2.11. The zero-order valence-electron chi connectivity index (χ0n) is 9.75. The van der Waals surface area contributed by atoms with Crippen LogP contribution in [0.2, 0.25) is 0 Å². The van der Waals surface area contributed by atoms with Gasteiger partial charge in [-0.2, -0.15) is 5.10 Å². The van der Waals surface area contributed by atoms with Crippen LogP contribution in [0.25, 0.3) is 5.82 Å². The first kappa shape index (κ1) is 12.5. The molecule has 2 aromatic rings. The lowest BCUT2D eigenvalue weighted by atomic mass is 10.2. The van der Waals surface area contributed by atoms with Gasteiger partial charge >= 0.3 is 0 Å². The number of aromatic nitrogens is 4. The molecule has 0 bridgehead atoms. The standard InChI is InChI=1S/C11H12ClN5O/c1-8(5-12)11(18)16-9-3-2-4-14-10(9)17-7-13-6-15-17/h2-4,6-8H,5H2,1H3,(H,16,18). The normalized spacial score (nSPS) is 12.1. The van der Waals surface area contributed by atoms with Gasteiger partial charge in [-0.3, -0.25) is 4.79 Å². The van der Waals surface area contributed by atoms with Gasteiger partial charge in [-0.25, -0.2) is 14.6 Å². The van der Waals surface area contributed by atoms with Crippen LogP contribution in [0.3, 0.4) is 0 Å². The minimum Gasteiger partial charge on any atom is -0.323 e. The number of nitrogens with one attached hydrogen (secondary N) is 1. The first-order valence-corrected chi connectivity index (χ1v) is 5.92. The third-order valence-electron chi connectivity index (χ3n) is 2.36. The number of amides is 1. The fourth-order valence-electron chi connectivity index (χ4n) is 1.32. The Kier molecular flexibility index (Phi) is 3.88. The second-order valence-electron chi connectivity index (χ2n) is 3.76. The highest BCUT2D eigenvalue weighted by Gasteiger charge is 2.14. The van der Waals surface area contributed by atoms with E-state index in [-0.39, 0.29) is 17.7 Å². The summed E-state index contributed by atoms with van der Waals surface area (Å²) in [6.07, 6.45) is 4.54. The predicted octanol–water partition coefficient (Wildman–Crippen LogP) is 1.48. The lowest BCUT2D eigenvalue weighted by Crippen LogP contribution is -2.22. The molecule has 1 atom stereocenters. The van der Waals surface area contributed by atoms with Crippen LogP contribution >= 0.6 is 11.6 Å². The number of carbonyl (C=O) groups excluding carboxylic acids is 1. The van der Waals surface area contributed by atoms with Gasteiger partial charge in [0.25, 0.3) is 0 Å². The maximum atomic E-state index is 11.8. The molecule has 6 nitrogen and oxygen atoms in total. The molecule has 1 N–H and O–H groups in total. The van der Waals surface area contributed by atoms with E-state index >= 15 is 0 Å². The average Bonchev–Trinajstić information content (AvgIpc) is 2.92. The van der Waals surface area contributed by atoms with E-state index in [0.717, 1.165) is 0 Å². The summed E-state index contributed by atoms with van der Waals surface area (Å²) in [5, 5.41) is 6.76. The first-order chi connectivity index (χ1) is 8.72. The largest absolute Gasteiger partial charge is 0.323 e. The van der Waals surface area contributed by atoms with Crippen molar-refractivity contribution >= 4 is 23.2 Å². The summed E-state index contributed by atoms with van der Waals surface area (Å²) in [6.45, 7) is 1.76. The monoisotopic (exact) mass is 265 g/mol. The fourth-order valence-corrected chi connectivity index (χ4v) is 1.46. The Hall–Kier alpha value is -1.95. The van der Waals surface area contributed by atoms with E-state index in [1.807, 2.05) is 0 Å². The van der Waals surface area contributed by atoms with Crippen LogP contribution in [0.4, 0.5) is 5.69 Å². The van der Waals surface area contributed by atoms with Crippen molar-refractivity contribution in [2.75, 3.05) is 11.2 Å². The third kappa shape index (κ3) is 2.65. The molecule has 0 saturated carbocycles. The van der Waals surface area contributed by atoms with Crippen LogP contribution in [0.15, 0.2) is 31.0 Å². The number of carbonyl (C=O) groups is 1. The highest BCUT2D eigenvalue weighted by molar-refractivity contribution is 6.19. The minimum absolute atomic E-state index is 0.153. The third-order valence-corrected chi connectivity index (χ3v) is 2.82. The van der Waals surface area contributed by atoms with Crippen LogP contribution in [0, 0.1) is 5.92 Å². The SMILES string of the molecule is CC(CCl)C(=O)Nc1cccnc1-n1cncn1. The first-order valence-electron chi connectivity index (χ1n) is 5.39. The summed E-state index contributed by atoms with van der Waals surface area (Å²) in [5.74, 6) is 0.366. The molecule has 2 heterocycles. The van der Waals surface area contributed by atoms with Gasteiger partial charge in [-0.05, 0) is 12.1 Å². The summed E-state index contributed by atoms with van der Waals surface area (Å²) in [6, 6.07) is 3.49. The molecule has 2 aromatic heterocycles. The molecule has 0 saturated heterocycles. The zero-order chi connectivity index (χ0) is 13.0. The second kappa shape index (κ2) is 5.59. The van der Waals surface area contributed by atoms with E-state index in [1.165, 1.54) is 17.3 Å². The van der Waals surface area contributed by atoms with Gasteiger partial charge in [-0.1, -0.05) is 6.92 Å². The molecule has 0 aliphatic carbocycles. The molecule has 94 valence electrons. The second-order valence-corrected chi connectivity index (χ2v) is 4.07. The number of halogens is 1. The number of pyridine rings is 1. The molecular weight excluding hydrogens is 254 g/mol. The van der Waals surface area contributed by atoms with Crippen molar-refractivity contribution in [3.8, 4) is 5.82 Å². The molecule has 1 unspecified atom stereocenters. The van der Waals surface area contributed by atoms with E-state index in [4.69, 9.17) is 11.6 Å². The van der Waals surface area contributed by atoms with Gasteiger partial charge in [0.05, 0.1) is 5.69 Å². The van der Waals surface area contributed by atoms with Crippen molar-refractivity contribution in [2.45, 2.75) is 6.92 Å². The molecule has 0 aliphatic rings. The Labute approximate surface area is 109 Å². The van der Waals surface area contributed by atoms with E-state index in [9.17, 15) is 4.79 Å². The summed E-state index contributed by atoms with van der Waals surface area (Å²) >= 11 is 5.65. The van der Waals surface area contributed by atoms with Crippen molar-refractivity contribution in [3.05, 3.63) is 31.0 Å². The summed E-state index contributed by atoms with van der Waals surface area (Å²) in [7, 11) is 0. The molecule has 0 aliphatic heterocycles. The molecule has 7 heteroatoms. The Morgan fingerprint density at radius 2 is 2.44 bits per heavy atom. The van der Waals surface area contributed by atoms with E-state index in [2.05, 4.69) is 20.4 Å². The molecule has 0 fully saturated rings. The molecule has 1 amide bonds. The van der Waals surface area contributed by atoms with Crippen molar-refractivity contribution in [1.29, 1.82) is 0 Å². The number of anilines is 1. The Bertz CT molecular complexity index is 528. The van der Waals surface area contributed by atoms with Gasteiger partial charge in [-0.15, -0.1) is 11.6 Å². The van der Waals surface area contributed by atoms with Crippen LogP contribution in [0.1, 0.15) is 6.92 Å². The fraction of sp³-hybridized carbons (Fsp3) is 0.273. The average molecular weight is 266 g/mol. The summed E-state index contributed by atoms with van der Waals surface area (Å²) in [4.78, 5) is 19.8. The van der Waals surface area contributed by atoms with E-state index < -0.39 is 0 Å². The molecular formula is C11H12ClN5O. The van der Waals surface area contributed by atoms with Gasteiger partial charge < -0.3 is 5.32 Å². The number of hydrogen-bond acceptors (Lipinski definition) is 4. The molecule has 0 radical (unpaired) electrons. The quantitative estimate of drug-likeness (QED) is 0.850. The smallest absolute Gasteiger partial charge is 0.228 e. The Morgan fingerprint density at radius 3 is 3.11 bits per heavy atom. The maximum Gasteiger partial charge on any atom is 0.228 e. The van der Waals surface area contributed by atoms with Gasteiger partial charge in [0.2, 0.25) is 5.91 Å². The van der Waals surface area contributed by atoms with Crippen molar-refractivity contribution in [2.24, 2.45) is 5.92 Å². The number of nitrogens with zero attached hydrogens (tertiary/aromatic N) is 4. The highest BCUT2D eigenvalue weighted by atomic mass is 35.5. The number of alkyl halides is 1. The van der Waals surface area contributed by atoms with E-state index in [0.29, 0.717) is 11.5 Å². The minimum atomic E-state index is -0.268. The van der Waals surface area contributed by atoms with Crippen LogP contribution < -0.4 is 5.32 Å². The number of rotatable bonds is 4. The van der Waals surface area contributed by atoms with Gasteiger partial charge in [0.15, 0.2) is 5.82 Å². The lowest BCUT2D eigenvalue weighted by molar-refractivity contribution is -0.118. The van der Waals surface area contributed by atoms with Crippen molar-refractivity contribution in [3.63, 3.8) is 0 Å². The predicted molar refractivity (Wildman–Crippen MR) is 67.7 cm³/mol. The zero-order valence-corrected chi connectivity index (χ0v) is 10.5. The maximum absolute atomic E-state index is 11.8. The molecule has 0 aromatic carbocycles. The van der Waals surface area contributed by atoms with Crippen molar-refractivity contribution in [1.82, 2.24) is 19.7 Å². The molecule has 0 spiro atoms. The van der Waals surface area contributed by atoms with Crippen LogP contribution in [-0.4, -0.2) is 31.5 Å². The Balaban J connectivity index is 2.26. The highest BCUT2D eigenvalue weighted by Crippen LogP contribution is 2.16.